The van der Waals surface area contributed by atoms with Crippen LogP contribution in [0.4, 0.5) is 0 Å². The minimum absolute atomic E-state index is 0.513. The van der Waals surface area contributed by atoms with Gasteiger partial charge in [-0.1, -0.05) is 59.7 Å². The highest BCUT2D eigenvalue weighted by atomic mass is 16.5. The molecule has 0 radical (unpaired) electrons. The van der Waals surface area contributed by atoms with E-state index >= 15 is 0 Å². The van der Waals surface area contributed by atoms with Crippen LogP contribution in [0.3, 0.4) is 0 Å². The predicted molar refractivity (Wildman–Crippen MR) is 150 cm³/mol. The van der Waals surface area contributed by atoms with Crippen molar-refractivity contribution in [1.29, 1.82) is 0 Å². The van der Waals surface area contributed by atoms with Crippen molar-refractivity contribution >= 4 is 22.9 Å². The van der Waals surface area contributed by atoms with Crippen LogP contribution < -0.4 is 9.47 Å². The zero-order valence-electron chi connectivity index (χ0n) is 20.9. The highest BCUT2D eigenvalue weighted by Gasteiger charge is 2.21. The number of nitrogens with zero attached hydrogens (tertiary/aromatic N) is 2. The highest BCUT2D eigenvalue weighted by molar-refractivity contribution is 5.98. The van der Waals surface area contributed by atoms with E-state index in [-0.39, 0.29) is 0 Å². The van der Waals surface area contributed by atoms with Crippen molar-refractivity contribution < 1.29 is 9.47 Å². The Hall–Kier alpha value is -5.10. The van der Waals surface area contributed by atoms with Crippen LogP contribution in [-0.4, -0.2) is 21.8 Å². The number of ether oxygens (including phenoxy) is 2. The largest absolute Gasteiger partial charge is 0.423 e. The van der Waals surface area contributed by atoms with Crippen molar-refractivity contribution in [2.45, 2.75) is 13.8 Å². The van der Waals surface area contributed by atoms with Crippen molar-refractivity contribution in [1.82, 2.24) is 9.97 Å². The first-order valence-electron chi connectivity index (χ1n) is 12.5. The molecule has 38 heavy (non-hydrogen) atoms. The molecule has 0 spiro atoms. The molecule has 7 rings (SSSR count). The zero-order chi connectivity index (χ0) is 25.6. The lowest BCUT2D eigenvalue weighted by atomic mass is 9.99. The Morgan fingerprint density at radius 3 is 1.34 bits per heavy atom. The smallest absolute Gasteiger partial charge is 0.221 e. The lowest BCUT2D eigenvalue weighted by molar-refractivity contribution is 0.536. The molecule has 2 aromatic carbocycles. The molecule has 0 amide bonds. The van der Waals surface area contributed by atoms with Gasteiger partial charge in [0.2, 0.25) is 11.8 Å². The number of nitrogens with one attached hydrogen (secondary N) is 2. The summed E-state index contributed by atoms with van der Waals surface area (Å²) in [6.45, 7) is 4.16. The van der Waals surface area contributed by atoms with Gasteiger partial charge >= 0.3 is 0 Å². The van der Waals surface area contributed by atoms with Crippen LogP contribution in [0.1, 0.15) is 33.6 Å². The molecule has 6 heteroatoms. The maximum absolute atomic E-state index is 6.17. The third-order valence-electron chi connectivity index (χ3n) is 6.71. The number of benzene rings is 2. The summed E-state index contributed by atoms with van der Waals surface area (Å²) in [5, 5.41) is 0. The van der Waals surface area contributed by atoms with Crippen LogP contribution in [0.5, 0.6) is 11.8 Å². The summed E-state index contributed by atoms with van der Waals surface area (Å²) >= 11 is 0. The molecule has 3 aliphatic rings. The fourth-order valence-electron chi connectivity index (χ4n) is 4.79. The third kappa shape index (κ3) is 4.02. The maximum atomic E-state index is 6.17. The maximum Gasteiger partial charge on any atom is 0.221 e. The van der Waals surface area contributed by atoms with Gasteiger partial charge in [0.15, 0.2) is 11.8 Å². The van der Waals surface area contributed by atoms with E-state index in [2.05, 4.69) is 72.3 Å². The van der Waals surface area contributed by atoms with Crippen LogP contribution in [-0.2, 0) is 0 Å². The molecule has 8 bridgehead atoms. The molecule has 3 aliphatic heterocycles. The van der Waals surface area contributed by atoms with Gasteiger partial charge in [-0.15, -0.1) is 0 Å². The third-order valence-corrected chi connectivity index (χ3v) is 6.71. The summed E-state index contributed by atoms with van der Waals surface area (Å²) in [4.78, 5) is 16.5. The second-order valence-corrected chi connectivity index (χ2v) is 9.50. The van der Waals surface area contributed by atoms with Gasteiger partial charge in [-0.25, -0.2) is 9.98 Å². The summed E-state index contributed by atoms with van der Waals surface area (Å²) in [7, 11) is 0. The summed E-state index contributed by atoms with van der Waals surface area (Å²) in [6, 6.07) is 24.6. The van der Waals surface area contributed by atoms with Crippen molar-refractivity contribution in [3.05, 3.63) is 142 Å². The fraction of sp³-hybridized carbons (Fsp3) is 0.0625. The molecule has 0 aliphatic carbocycles. The second kappa shape index (κ2) is 8.78. The minimum Gasteiger partial charge on any atom is -0.423 e. The minimum atomic E-state index is 0.513. The lowest BCUT2D eigenvalue weighted by Crippen LogP contribution is -2.04. The quantitative estimate of drug-likeness (QED) is 0.317. The van der Waals surface area contributed by atoms with Crippen molar-refractivity contribution in [2.75, 3.05) is 0 Å². The number of aromatic nitrogens is 2. The number of aryl methyl sites for hydroxylation is 2. The SMILES string of the molecule is Cc1ccc(C2=C3C=CC(=N3)Oc3ccc([nH]3)C(c3ccc(C)cc3)=C3C=CC(=N3)Oc3ccc2[nH]3)cc1. The summed E-state index contributed by atoms with van der Waals surface area (Å²) in [6.07, 6.45) is 7.72. The van der Waals surface area contributed by atoms with Crippen LogP contribution in [0, 0.1) is 13.8 Å². The molecular weight excluding hydrogens is 472 g/mol. The van der Waals surface area contributed by atoms with Crippen LogP contribution in [0.15, 0.2) is 118 Å². The van der Waals surface area contributed by atoms with E-state index in [0.29, 0.717) is 23.6 Å². The van der Waals surface area contributed by atoms with Gasteiger partial charge in [0.05, 0.1) is 22.8 Å². The number of aliphatic imine (C=N–C) groups is 2. The van der Waals surface area contributed by atoms with Crippen LogP contribution >= 0.6 is 0 Å². The van der Waals surface area contributed by atoms with E-state index in [4.69, 9.17) is 19.5 Å². The van der Waals surface area contributed by atoms with Gasteiger partial charge in [0.1, 0.15) is 0 Å². The van der Waals surface area contributed by atoms with Crippen molar-refractivity contribution in [3.63, 3.8) is 0 Å². The van der Waals surface area contributed by atoms with Gasteiger partial charge < -0.3 is 19.4 Å². The Balaban J connectivity index is 1.39. The van der Waals surface area contributed by atoms with E-state index in [1.165, 1.54) is 11.1 Å². The Morgan fingerprint density at radius 2 is 0.921 bits per heavy atom. The van der Waals surface area contributed by atoms with E-state index in [0.717, 1.165) is 45.1 Å². The molecule has 0 saturated heterocycles. The Kier molecular flexibility index (Phi) is 5.11. The number of fused-ring (bicyclic) bond motifs is 6. The van der Waals surface area contributed by atoms with Crippen molar-refractivity contribution in [3.8, 4) is 11.8 Å². The number of H-pyrrole nitrogens is 2. The first-order valence-corrected chi connectivity index (χ1v) is 12.5. The Bertz CT molecular complexity index is 1620. The number of rotatable bonds is 2. The molecular formula is C32H24N4O2. The molecule has 0 fully saturated rings. The van der Waals surface area contributed by atoms with Crippen LogP contribution in [0.2, 0.25) is 0 Å². The summed E-state index contributed by atoms with van der Waals surface area (Å²) in [5.74, 6) is 2.23. The van der Waals surface area contributed by atoms with E-state index in [1.807, 2.05) is 48.6 Å². The summed E-state index contributed by atoms with van der Waals surface area (Å²) in [5.41, 5.74) is 9.78. The molecule has 0 saturated carbocycles. The van der Waals surface area contributed by atoms with Crippen molar-refractivity contribution in [2.24, 2.45) is 9.98 Å². The monoisotopic (exact) mass is 496 g/mol. The predicted octanol–water partition coefficient (Wildman–Crippen LogP) is 6.89. The van der Waals surface area contributed by atoms with E-state index < -0.39 is 0 Å². The first kappa shape index (κ1) is 22.1. The van der Waals surface area contributed by atoms with Gasteiger partial charge in [-0.05, 0) is 49.3 Å². The normalized spacial score (nSPS) is 15.9. The standard InChI is InChI=1S/C32H24N4O2/c1-19-3-7-21(8-4-19)31-23-11-15-27(33-23)37-29-17-13-25(35-29)32(22-9-5-20(2)6-10-22)26-14-18-30(36-26)38-28-16-12-24(31)34-28/h3-18,33,36H,1-2H3. The summed E-state index contributed by atoms with van der Waals surface area (Å²) < 4.78 is 12.3. The number of hydrogen-bond donors (Lipinski definition) is 2. The average Bonchev–Trinajstić information content (AvgIpc) is 3.72. The molecule has 0 atom stereocenters. The number of hydrogen-bond acceptors (Lipinski definition) is 4. The Morgan fingerprint density at radius 1 is 0.500 bits per heavy atom. The molecule has 184 valence electrons. The van der Waals surface area contributed by atoms with Crippen LogP contribution in [0.25, 0.3) is 11.1 Å². The second-order valence-electron chi connectivity index (χ2n) is 9.50. The van der Waals surface area contributed by atoms with Gasteiger partial charge in [0, 0.05) is 35.4 Å². The molecule has 5 heterocycles. The lowest BCUT2D eigenvalue weighted by Gasteiger charge is -2.10. The molecule has 6 nitrogen and oxygen atoms in total. The van der Waals surface area contributed by atoms with E-state index in [1.54, 1.807) is 0 Å². The average molecular weight is 497 g/mol. The molecule has 2 aromatic heterocycles. The molecule has 2 N–H and O–H groups in total. The van der Waals surface area contributed by atoms with Gasteiger partial charge in [0.25, 0.3) is 0 Å². The molecule has 0 unspecified atom stereocenters. The number of allylic oxidation sites excluding steroid dienone is 2. The van der Waals surface area contributed by atoms with Gasteiger partial charge in [-0.2, -0.15) is 0 Å². The fourth-order valence-corrected chi connectivity index (χ4v) is 4.79. The highest BCUT2D eigenvalue weighted by Crippen LogP contribution is 2.34. The number of aromatic amines is 2. The first-order chi connectivity index (χ1) is 18.6. The molecule has 4 aromatic rings. The zero-order valence-corrected chi connectivity index (χ0v) is 20.9. The topological polar surface area (TPSA) is 74.8 Å². The van der Waals surface area contributed by atoms with E-state index in [9.17, 15) is 0 Å². The Labute approximate surface area is 220 Å². The van der Waals surface area contributed by atoms with Gasteiger partial charge in [-0.3, -0.25) is 0 Å².